The van der Waals surface area contributed by atoms with E-state index < -0.39 is 18.0 Å². The summed E-state index contributed by atoms with van der Waals surface area (Å²) < 4.78 is 28.1. The van der Waals surface area contributed by atoms with Gasteiger partial charge in [0.25, 0.3) is 12.2 Å². The smallest absolute Gasteiger partial charge is 0.281 e. The largest absolute Gasteiger partial charge is 0.321 e. The molecule has 0 aromatic heterocycles. The van der Waals surface area contributed by atoms with E-state index in [0.29, 0.717) is 21.3 Å². The first-order valence-electron chi connectivity index (χ1n) is 6.14. The van der Waals surface area contributed by atoms with Crippen molar-refractivity contribution >= 4 is 33.2 Å². The maximum Gasteiger partial charge on any atom is 0.281 e. The van der Waals surface area contributed by atoms with Gasteiger partial charge in [-0.25, -0.2) is 13.8 Å². The summed E-state index contributed by atoms with van der Waals surface area (Å²) >= 11 is 3.36. The molecule has 3 nitrogen and oxygen atoms in total. The van der Waals surface area contributed by atoms with Crippen molar-refractivity contribution in [2.45, 2.75) is 6.30 Å². The lowest BCUT2D eigenvalue weighted by Crippen LogP contribution is -2.21. The van der Waals surface area contributed by atoms with E-state index in [1.165, 1.54) is 18.2 Å². The van der Waals surface area contributed by atoms with E-state index in [4.69, 9.17) is 0 Å². The zero-order valence-corrected chi connectivity index (χ0v) is 12.2. The van der Waals surface area contributed by atoms with Crippen LogP contribution in [0.3, 0.4) is 0 Å². The first-order chi connectivity index (χ1) is 10.1. The fraction of sp³-hybridized carbons (Fsp3) is 0.0667. The molecule has 106 valence electrons. The molecule has 1 unspecified atom stereocenters. The van der Waals surface area contributed by atoms with E-state index in [0.717, 1.165) is 0 Å². The van der Waals surface area contributed by atoms with Crippen LogP contribution in [0, 0.1) is 5.82 Å². The Balaban J connectivity index is 2.27. The molecule has 0 fully saturated rings. The summed E-state index contributed by atoms with van der Waals surface area (Å²) in [5, 5.41) is 2.41. The van der Waals surface area contributed by atoms with Gasteiger partial charge in [-0.3, -0.25) is 4.79 Å². The van der Waals surface area contributed by atoms with Crippen LogP contribution in [0.4, 0.5) is 14.5 Å². The maximum atomic E-state index is 13.9. The number of aliphatic imine (C=N–C) groups is 1. The third kappa shape index (κ3) is 2.58. The first-order valence-corrected chi connectivity index (χ1v) is 6.93. The average molecular weight is 351 g/mol. The molecule has 3 rings (SSSR count). The molecule has 21 heavy (non-hydrogen) atoms. The lowest BCUT2D eigenvalue weighted by Gasteiger charge is -2.11. The van der Waals surface area contributed by atoms with E-state index in [1.54, 1.807) is 24.3 Å². The summed E-state index contributed by atoms with van der Waals surface area (Å²) in [5.41, 5.74) is 1.48. The predicted molar refractivity (Wildman–Crippen MR) is 79.7 cm³/mol. The molecule has 6 heteroatoms. The molecule has 0 aliphatic carbocycles. The van der Waals surface area contributed by atoms with Crippen LogP contribution in [0.1, 0.15) is 11.1 Å². The number of hydrogen-bond donors (Lipinski definition) is 1. The molecule has 1 aliphatic rings. The SMILES string of the molecule is O=C1Nc2ccc(F)cc2C(c2ccccc2Br)=NC1F. The van der Waals surface area contributed by atoms with Gasteiger partial charge in [-0.2, -0.15) is 0 Å². The molecule has 0 saturated carbocycles. The lowest BCUT2D eigenvalue weighted by atomic mass is 10.0. The Kier molecular flexibility index (Phi) is 3.55. The van der Waals surface area contributed by atoms with Gasteiger partial charge in [0.15, 0.2) is 0 Å². The fourth-order valence-corrected chi connectivity index (χ4v) is 2.60. The minimum absolute atomic E-state index is 0.225. The number of rotatable bonds is 1. The average Bonchev–Trinajstić information content (AvgIpc) is 2.58. The Morgan fingerprint density at radius 3 is 2.67 bits per heavy atom. The van der Waals surface area contributed by atoms with Crippen molar-refractivity contribution in [2.24, 2.45) is 4.99 Å². The Morgan fingerprint density at radius 2 is 1.90 bits per heavy atom. The molecular weight excluding hydrogens is 342 g/mol. The molecule has 1 aliphatic heterocycles. The quantitative estimate of drug-likeness (QED) is 0.783. The number of halogens is 3. The van der Waals surface area contributed by atoms with Crippen molar-refractivity contribution < 1.29 is 13.6 Å². The highest BCUT2D eigenvalue weighted by atomic mass is 79.9. The van der Waals surface area contributed by atoms with Gasteiger partial charge in [-0.15, -0.1) is 0 Å². The highest BCUT2D eigenvalue weighted by Crippen LogP contribution is 2.28. The Labute approximate surface area is 127 Å². The molecule has 1 heterocycles. The van der Waals surface area contributed by atoms with Crippen LogP contribution in [0.5, 0.6) is 0 Å². The number of benzodiazepines with no additional fused rings is 1. The van der Waals surface area contributed by atoms with Crippen LogP contribution in [-0.4, -0.2) is 17.9 Å². The summed E-state index contributed by atoms with van der Waals surface area (Å²) in [6.45, 7) is 0. The van der Waals surface area contributed by atoms with Crippen LogP contribution >= 0.6 is 15.9 Å². The van der Waals surface area contributed by atoms with Crippen LogP contribution in [0.15, 0.2) is 51.9 Å². The van der Waals surface area contributed by atoms with Gasteiger partial charge in [0.1, 0.15) is 5.82 Å². The molecule has 0 radical (unpaired) electrons. The highest BCUT2D eigenvalue weighted by Gasteiger charge is 2.26. The van der Waals surface area contributed by atoms with Gasteiger partial charge in [0.2, 0.25) is 0 Å². The summed E-state index contributed by atoms with van der Waals surface area (Å²) in [6, 6.07) is 10.9. The third-order valence-electron chi connectivity index (χ3n) is 3.08. The molecule has 1 atom stereocenters. The monoisotopic (exact) mass is 350 g/mol. The summed E-state index contributed by atoms with van der Waals surface area (Å²) in [6.07, 6.45) is -2.04. The van der Waals surface area contributed by atoms with Crippen molar-refractivity contribution in [3.05, 3.63) is 63.9 Å². The summed E-state index contributed by atoms with van der Waals surface area (Å²) in [7, 11) is 0. The first kappa shape index (κ1) is 13.9. The second-order valence-electron chi connectivity index (χ2n) is 4.47. The van der Waals surface area contributed by atoms with Gasteiger partial charge in [0.05, 0.1) is 11.4 Å². The number of hydrogen-bond acceptors (Lipinski definition) is 2. The minimum Gasteiger partial charge on any atom is -0.321 e. The fourth-order valence-electron chi connectivity index (χ4n) is 2.12. The number of carbonyl (C=O) groups excluding carboxylic acids is 1. The standard InChI is InChI=1S/C15H9BrF2N2O/c16-11-4-2-1-3-9(11)13-10-7-8(17)5-6-12(10)19-15(21)14(18)20-13/h1-7,14H,(H,19,21). The van der Waals surface area contributed by atoms with Crippen molar-refractivity contribution in [1.29, 1.82) is 0 Å². The number of carbonyl (C=O) groups is 1. The molecule has 0 spiro atoms. The van der Waals surface area contributed by atoms with Gasteiger partial charge in [0, 0.05) is 15.6 Å². The van der Waals surface area contributed by atoms with Gasteiger partial charge >= 0.3 is 0 Å². The molecule has 0 bridgehead atoms. The highest BCUT2D eigenvalue weighted by molar-refractivity contribution is 9.10. The molecule has 2 aromatic carbocycles. The number of nitrogens with one attached hydrogen (secondary N) is 1. The van der Waals surface area contributed by atoms with E-state index in [2.05, 4.69) is 26.2 Å². The van der Waals surface area contributed by atoms with Crippen molar-refractivity contribution in [1.82, 2.24) is 0 Å². The number of nitrogens with zero attached hydrogens (tertiary/aromatic N) is 1. The molecular formula is C15H9BrF2N2O. The summed E-state index contributed by atoms with van der Waals surface area (Å²) in [4.78, 5) is 15.4. The second kappa shape index (κ2) is 5.37. The second-order valence-corrected chi connectivity index (χ2v) is 5.33. The van der Waals surface area contributed by atoms with Crippen molar-refractivity contribution in [3.63, 3.8) is 0 Å². The molecule has 0 saturated heterocycles. The molecule has 2 aromatic rings. The zero-order chi connectivity index (χ0) is 15.0. The zero-order valence-electron chi connectivity index (χ0n) is 10.6. The van der Waals surface area contributed by atoms with Crippen LogP contribution in [0.2, 0.25) is 0 Å². The van der Waals surface area contributed by atoms with E-state index >= 15 is 0 Å². The topological polar surface area (TPSA) is 41.5 Å². The van der Waals surface area contributed by atoms with Crippen molar-refractivity contribution in [3.8, 4) is 0 Å². The van der Waals surface area contributed by atoms with Gasteiger partial charge in [-0.05, 0) is 24.3 Å². The Bertz CT molecular complexity index is 761. The van der Waals surface area contributed by atoms with Gasteiger partial charge < -0.3 is 5.32 Å². The number of benzene rings is 2. The lowest BCUT2D eigenvalue weighted by molar-refractivity contribution is -0.120. The molecule has 1 N–H and O–H groups in total. The van der Waals surface area contributed by atoms with Crippen molar-refractivity contribution in [2.75, 3.05) is 5.32 Å². The van der Waals surface area contributed by atoms with E-state index in [-0.39, 0.29) is 5.71 Å². The number of fused-ring (bicyclic) bond motifs is 1. The van der Waals surface area contributed by atoms with E-state index in [1.807, 2.05) is 0 Å². The minimum atomic E-state index is -2.04. The van der Waals surface area contributed by atoms with Crippen LogP contribution in [0.25, 0.3) is 0 Å². The Hall–Kier alpha value is -2.08. The van der Waals surface area contributed by atoms with Crippen LogP contribution in [-0.2, 0) is 4.79 Å². The Morgan fingerprint density at radius 1 is 1.14 bits per heavy atom. The van der Waals surface area contributed by atoms with Crippen LogP contribution < -0.4 is 5.32 Å². The van der Waals surface area contributed by atoms with Gasteiger partial charge in [-0.1, -0.05) is 34.1 Å². The predicted octanol–water partition coefficient (Wildman–Crippen LogP) is 3.67. The maximum absolute atomic E-state index is 13.9. The molecule has 1 amide bonds. The number of anilines is 1. The third-order valence-corrected chi connectivity index (χ3v) is 3.77. The van der Waals surface area contributed by atoms with E-state index in [9.17, 15) is 13.6 Å². The number of amides is 1. The summed E-state index contributed by atoms with van der Waals surface area (Å²) in [5.74, 6) is -1.36. The number of alkyl halides is 1. The normalized spacial score (nSPS) is 17.6.